The fraction of sp³-hybridized carbons (Fsp3) is 0.182. The summed E-state index contributed by atoms with van der Waals surface area (Å²) in [5.74, 6) is 0.137. The summed E-state index contributed by atoms with van der Waals surface area (Å²) in [7, 11) is 0. The zero-order valence-electron chi connectivity index (χ0n) is 16.1. The van der Waals surface area contributed by atoms with Crippen molar-refractivity contribution >= 4 is 11.8 Å². The first-order valence-corrected chi connectivity index (χ1v) is 9.30. The normalized spacial score (nSPS) is 10.2. The van der Waals surface area contributed by atoms with Crippen LogP contribution in [0, 0.1) is 0 Å². The first-order valence-electron chi connectivity index (χ1n) is 9.30. The molecule has 0 aliphatic heterocycles. The highest BCUT2D eigenvalue weighted by Gasteiger charge is 2.13. The number of nitrogens with zero attached hydrogens (tertiary/aromatic N) is 1. The minimum Gasteiger partial charge on any atom is -0.490 e. The second-order valence-corrected chi connectivity index (χ2v) is 6.18. The number of nitrogens with one attached hydrogen (secondary N) is 2. The van der Waals surface area contributed by atoms with Gasteiger partial charge >= 0.3 is 0 Å². The fourth-order valence-electron chi connectivity index (χ4n) is 2.75. The van der Waals surface area contributed by atoms with E-state index >= 15 is 0 Å². The highest BCUT2D eigenvalue weighted by molar-refractivity contribution is 5.94. The van der Waals surface area contributed by atoms with Gasteiger partial charge < -0.3 is 14.0 Å². The third-order valence-electron chi connectivity index (χ3n) is 4.08. The molecule has 0 saturated heterocycles. The number of carbonyl (C=O) groups is 2. The molecule has 2 amide bonds. The molecule has 2 aromatic carbocycles. The van der Waals surface area contributed by atoms with E-state index in [1.54, 1.807) is 30.3 Å². The maximum absolute atomic E-state index is 12.4. The first-order chi connectivity index (χ1) is 14.2. The molecule has 7 heteroatoms. The molecule has 0 radical (unpaired) electrons. The summed E-state index contributed by atoms with van der Waals surface area (Å²) in [6.07, 6.45) is 1.82. The van der Waals surface area contributed by atoms with Crippen LogP contribution in [0.25, 0.3) is 0 Å². The Morgan fingerprint density at radius 2 is 1.55 bits per heavy atom. The Morgan fingerprint density at radius 3 is 2.28 bits per heavy atom. The van der Waals surface area contributed by atoms with Crippen molar-refractivity contribution in [1.29, 1.82) is 0 Å². The molecule has 150 valence electrons. The van der Waals surface area contributed by atoms with Crippen molar-refractivity contribution in [2.24, 2.45) is 0 Å². The number of ether oxygens (including phenoxy) is 2. The Hall–Kier alpha value is -3.74. The summed E-state index contributed by atoms with van der Waals surface area (Å²) < 4.78 is 12.7. The molecule has 1 heterocycles. The number of benzene rings is 2. The van der Waals surface area contributed by atoms with Crippen molar-refractivity contribution in [3.05, 3.63) is 84.2 Å². The van der Waals surface area contributed by atoms with Crippen LogP contribution in [0.4, 0.5) is 0 Å². The van der Waals surface area contributed by atoms with Crippen LogP contribution in [0.3, 0.4) is 0 Å². The summed E-state index contributed by atoms with van der Waals surface area (Å²) in [5.41, 5.74) is 6.30. The van der Waals surface area contributed by atoms with E-state index in [2.05, 4.69) is 10.9 Å². The lowest BCUT2D eigenvalue weighted by Gasteiger charge is -2.13. The van der Waals surface area contributed by atoms with E-state index in [1.165, 1.54) is 0 Å². The molecule has 0 saturated carbocycles. The number of rotatable bonds is 8. The largest absolute Gasteiger partial charge is 0.490 e. The van der Waals surface area contributed by atoms with E-state index in [1.807, 2.05) is 54.1 Å². The van der Waals surface area contributed by atoms with Crippen LogP contribution < -0.4 is 20.3 Å². The van der Waals surface area contributed by atoms with Crippen LogP contribution >= 0.6 is 0 Å². The predicted molar refractivity (Wildman–Crippen MR) is 109 cm³/mol. The maximum Gasteiger partial charge on any atom is 0.286 e. The third-order valence-corrected chi connectivity index (χ3v) is 4.08. The third kappa shape index (κ3) is 5.62. The first kappa shape index (κ1) is 20.0. The van der Waals surface area contributed by atoms with E-state index in [-0.39, 0.29) is 6.61 Å². The molecule has 0 atom stereocenters. The molecule has 0 bridgehead atoms. The smallest absolute Gasteiger partial charge is 0.286 e. The van der Waals surface area contributed by atoms with Gasteiger partial charge in [0.2, 0.25) is 0 Å². The number of para-hydroxylation sites is 2. The predicted octanol–water partition coefficient (Wildman–Crippen LogP) is 2.78. The van der Waals surface area contributed by atoms with Gasteiger partial charge in [0.15, 0.2) is 18.1 Å². The standard InChI is InChI=1S/C22H23N3O4/c1-2-28-19-12-6-7-13-20(19)29-16-21(26)23-24-22(27)18-11-8-14-25(18)15-17-9-4-3-5-10-17/h3-14H,2,15-16H2,1H3,(H,23,26)(H,24,27). The highest BCUT2D eigenvalue weighted by Crippen LogP contribution is 2.26. The lowest BCUT2D eigenvalue weighted by atomic mass is 10.2. The van der Waals surface area contributed by atoms with Gasteiger partial charge in [0.05, 0.1) is 6.61 Å². The average Bonchev–Trinajstić information content (AvgIpc) is 3.20. The number of hydrazine groups is 1. The molecule has 0 fully saturated rings. The van der Waals surface area contributed by atoms with Crippen molar-refractivity contribution in [3.8, 4) is 11.5 Å². The Morgan fingerprint density at radius 1 is 0.862 bits per heavy atom. The molecule has 3 aromatic rings. The molecule has 0 spiro atoms. The van der Waals surface area contributed by atoms with Crippen molar-refractivity contribution < 1.29 is 19.1 Å². The number of carbonyl (C=O) groups excluding carboxylic acids is 2. The highest BCUT2D eigenvalue weighted by atomic mass is 16.5. The fourth-order valence-corrected chi connectivity index (χ4v) is 2.75. The number of aromatic nitrogens is 1. The van der Waals surface area contributed by atoms with Gasteiger partial charge in [-0.05, 0) is 36.8 Å². The molecule has 1 aromatic heterocycles. The quantitative estimate of drug-likeness (QED) is 0.577. The Kier molecular flexibility index (Phi) is 6.89. The molecule has 7 nitrogen and oxygen atoms in total. The number of amides is 2. The Bertz CT molecular complexity index is 953. The van der Waals surface area contributed by atoms with Crippen LogP contribution in [0.2, 0.25) is 0 Å². The van der Waals surface area contributed by atoms with Gasteiger partial charge in [-0.2, -0.15) is 0 Å². The zero-order chi connectivity index (χ0) is 20.5. The second-order valence-electron chi connectivity index (χ2n) is 6.18. The van der Waals surface area contributed by atoms with Crippen LogP contribution in [-0.2, 0) is 11.3 Å². The van der Waals surface area contributed by atoms with Crippen LogP contribution in [0.15, 0.2) is 72.9 Å². The van der Waals surface area contributed by atoms with Crippen molar-refractivity contribution in [2.45, 2.75) is 13.5 Å². The molecule has 0 aliphatic carbocycles. The molecule has 29 heavy (non-hydrogen) atoms. The maximum atomic E-state index is 12.4. The lowest BCUT2D eigenvalue weighted by Crippen LogP contribution is -2.44. The minimum absolute atomic E-state index is 0.255. The minimum atomic E-state index is -0.481. The topological polar surface area (TPSA) is 81.6 Å². The average molecular weight is 393 g/mol. The Balaban J connectivity index is 1.51. The van der Waals surface area contributed by atoms with Crippen molar-refractivity contribution in [1.82, 2.24) is 15.4 Å². The van der Waals surface area contributed by atoms with Gasteiger partial charge in [-0.25, -0.2) is 0 Å². The van der Waals surface area contributed by atoms with Crippen molar-refractivity contribution in [2.75, 3.05) is 13.2 Å². The summed E-state index contributed by atoms with van der Waals surface area (Å²) in [5, 5.41) is 0. The zero-order valence-corrected chi connectivity index (χ0v) is 16.1. The van der Waals surface area contributed by atoms with Gasteiger partial charge in [-0.15, -0.1) is 0 Å². The molecular weight excluding hydrogens is 370 g/mol. The second kappa shape index (κ2) is 9.98. The SMILES string of the molecule is CCOc1ccccc1OCC(=O)NNC(=O)c1cccn1Cc1ccccc1. The van der Waals surface area contributed by atoms with Gasteiger partial charge in [0.1, 0.15) is 5.69 Å². The van der Waals surface area contributed by atoms with E-state index in [9.17, 15) is 9.59 Å². The molecule has 2 N–H and O–H groups in total. The van der Waals surface area contributed by atoms with Crippen LogP contribution in [-0.4, -0.2) is 29.6 Å². The van der Waals surface area contributed by atoms with Crippen LogP contribution in [0.5, 0.6) is 11.5 Å². The van der Waals surface area contributed by atoms with Crippen LogP contribution in [0.1, 0.15) is 23.0 Å². The summed E-state index contributed by atoms with van der Waals surface area (Å²) in [4.78, 5) is 24.5. The monoisotopic (exact) mass is 393 g/mol. The Labute approximate surface area is 169 Å². The molecule has 3 rings (SSSR count). The molecular formula is C22H23N3O4. The van der Waals surface area contributed by atoms with E-state index in [0.29, 0.717) is 30.3 Å². The van der Waals surface area contributed by atoms with E-state index in [0.717, 1.165) is 5.56 Å². The number of hydrogen-bond donors (Lipinski definition) is 2. The summed E-state index contributed by atoms with van der Waals surface area (Å²) in [6, 6.07) is 20.4. The summed E-state index contributed by atoms with van der Waals surface area (Å²) in [6.45, 7) is 2.66. The number of hydrogen-bond acceptors (Lipinski definition) is 4. The van der Waals surface area contributed by atoms with E-state index < -0.39 is 11.8 Å². The van der Waals surface area contributed by atoms with Crippen molar-refractivity contribution in [3.63, 3.8) is 0 Å². The van der Waals surface area contributed by atoms with Gasteiger partial charge in [0.25, 0.3) is 11.8 Å². The van der Waals surface area contributed by atoms with E-state index in [4.69, 9.17) is 9.47 Å². The molecule has 0 aliphatic rings. The molecule has 0 unspecified atom stereocenters. The summed E-state index contributed by atoms with van der Waals surface area (Å²) >= 11 is 0. The van der Waals surface area contributed by atoms with Gasteiger partial charge in [0, 0.05) is 12.7 Å². The lowest BCUT2D eigenvalue weighted by molar-refractivity contribution is -0.123. The van der Waals surface area contributed by atoms with Gasteiger partial charge in [-0.1, -0.05) is 42.5 Å². The van der Waals surface area contributed by atoms with Gasteiger partial charge in [-0.3, -0.25) is 20.4 Å².